The summed E-state index contributed by atoms with van der Waals surface area (Å²) in [6.45, 7) is 1.67. The Morgan fingerprint density at radius 1 is 0.929 bits per heavy atom. The van der Waals surface area contributed by atoms with Crippen molar-refractivity contribution in [2.75, 3.05) is 5.32 Å². The molecule has 144 valence electrons. The van der Waals surface area contributed by atoms with Crippen molar-refractivity contribution >= 4 is 69.4 Å². The van der Waals surface area contributed by atoms with Crippen molar-refractivity contribution in [2.24, 2.45) is 10.2 Å². The van der Waals surface area contributed by atoms with Crippen molar-refractivity contribution in [1.82, 2.24) is 10.2 Å². The van der Waals surface area contributed by atoms with Crippen LogP contribution in [0.2, 0.25) is 20.1 Å². The monoisotopic (exact) mass is 457 g/mol. The zero-order chi connectivity index (χ0) is 20.4. The Morgan fingerprint density at radius 3 is 2.32 bits per heavy atom. The summed E-state index contributed by atoms with van der Waals surface area (Å²) in [7, 11) is 0. The topological polar surface area (TPSA) is 102 Å². The van der Waals surface area contributed by atoms with Crippen molar-refractivity contribution in [3.63, 3.8) is 0 Å². The number of rotatable bonds is 4. The van der Waals surface area contributed by atoms with Crippen LogP contribution in [0.4, 0.5) is 17.1 Å². The molecule has 0 atom stereocenters. The highest BCUT2D eigenvalue weighted by atomic mass is 35.5. The molecule has 0 bridgehead atoms. The maximum atomic E-state index is 12.5. The lowest BCUT2D eigenvalue weighted by Crippen LogP contribution is -2.12. The normalized spacial score (nSPS) is 11.2. The number of hydrogen-bond acceptors (Lipinski definition) is 4. The van der Waals surface area contributed by atoms with Crippen LogP contribution >= 0.6 is 46.4 Å². The number of aryl methyl sites for hydroxylation is 1. The molecule has 0 unspecified atom stereocenters. The Labute approximate surface area is 178 Å². The van der Waals surface area contributed by atoms with Gasteiger partial charge in [0, 0.05) is 5.56 Å². The van der Waals surface area contributed by atoms with E-state index in [1.54, 1.807) is 6.92 Å². The Morgan fingerprint density at radius 2 is 1.64 bits per heavy atom. The summed E-state index contributed by atoms with van der Waals surface area (Å²) in [6, 6.07) is 7.32. The number of azo groups is 1. The van der Waals surface area contributed by atoms with Gasteiger partial charge in [-0.15, -0.1) is 10.2 Å². The Kier molecular flexibility index (Phi) is 6.10. The van der Waals surface area contributed by atoms with Crippen LogP contribution in [-0.4, -0.2) is 16.1 Å². The highest BCUT2D eigenvalue weighted by Crippen LogP contribution is 2.33. The minimum atomic E-state index is -0.468. The molecular formula is C17H11Cl4N5O2. The van der Waals surface area contributed by atoms with Crippen molar-refractivity contribution in [1.29, 1.82) is 0 Å². The SMILES string of the molecule is Cc1[nH][nH]c(=O)c1N=Nc1cc(C(=O)Nc2cc(Cl)c(Cl)cc2Cl)ccc1Cl. The van der Waals surface area contributed by atoms with Gasteiger partial charge in [-0.3, -0.25) is 14.7 Å². The molecule has 0 aliphatic carbocycles. The minimum absolute atomic E-state index is 0.119. The van der Waals surface area contributed by atoms with Crippen LogP contribution in [0.1, 0.15) is 16.1 Å². The van der Waals surface area contributed by atoms with Gasteiger partial charge in [0.15, 0.2) is 5.69 Å². The van der Waals surface area contributed by atoms with E-state index >= 15 is 0 Å². The minimum Gasteiger partial charge on any atom is -0.321 e. The molecule has 3 N–H and O–H groups in total. The number of H-pyrrole nitrogens is 2. The summed E-state index contributed by atoms with van der Waals surface area (Å²) in [5.41, 5.74) is 0.991. The quantitative estimate of drug-likeness (QED) is 0.315. The predicted molar refractivity (Wildman–Crippen MR) is 111 cm³/mol. The first-order valence-electron chi connectivity index (χ1n) is 7.70. The van der Waals surface area contributed by atoms with E-state index in [1.165, 1.54) is 30.3 Å². The van der Waals surface area contributed by atoms with Crippen molar-refractivity contribution < 1.29 is 4.79 Å². The van der Waals surface area contributed by atoms with Gasteiger partial charge >= 0.3 is 0 Å². The van der Waals surface area contributed by atoms with E-state index < -0.39 is 11.5 Å². The zero-order valence-corrected chi connectivity index (χ0v) is 17.1. The smallest absolute Gasteiger partial charge is 0.291 e. The molecule has 2 aromatic carbocycles. The van der Waals surface area contributed by atoms with E-state index in [4.69, 9.17) is 46.4 Å². The van der Waals surface area contributed by atoms with Gasteiger partial charge in [-0.1, -0.05) is 46.4 Å². The Balaban J connectivity index is 1.88. The van der Waals surface area contributed by atoms with Crippen LogP contribution in [-0.2, 0) is 0 Å². The summed E-state index contributed by atoms with van der Waals surface area (Å²) < 4.78 is 0. The number of amides is 1. The van der Waals surface area contributed by atoms with E-state index in [0.717, 1.165) is 0 Å². The highest BCUT2D eigenvalue weighted by Gasteiger charge is 2.13. The fourth-order valence-corrected chi connectivity index (χ4v) is 2.96. The Bertz CT molecular complexity index is 1150. The van der Waals surface area contributed by atoms with E-state index in [1.807, 2.05) is 0 Å². The van der Waals surface area contributed by atoms with Gasteiger partial charge in [0.25, 0.3) is 11.5 Å². The third kappa shape index (κ3) is 4.39. The highest BCUT2D eigenvalue weighted by molar-refractivity contribution is 6.44. The third-order valence-electron chi connectivity index (χ3n) is 3.66. The molecule has 1 aromatic heterocycles. The summed E-state index contributed by atoms with van der Waals surface area (Å²) in [5, 5.41) is 16.6. The molecule has 0 saturated carbocycles. The van der Waals surface area contributed by atoms with Crippen LogP contribution < -0.4 is 10.9 Å². The van der Waals surface area contributed by atoms with Gasteiger partial charge in [0.1, 0.15) is 5.69 Å². The molecule has 3 rings (SSSR count). The van der Waals surface area contributed by atoms with Gasteiger partial charge in [0.2, 0.25) is 0 Å². The summed E-state index contributed by atoms with van der Waals surface area (Å²) >= 11 is 24.0. The lowest BCUT2D eigenvalue weighted by molar-refractivity contribution is 0.102. The maximum Gasteiger partial charge on any atom is 0.291 e. The second kappa shape index (κ2) is 8.36. The average molecular weight is 459 g/mol. The van der Waals surface area contributed by atoms with Crippen molar-refractivity contribution in [3.8, 4) is 0 Å². The van der Waals surface area contributed by atoms with Crippen LogP contribution in [0.25, 0.3) is 0 Å². The number of carbonyl (C=O) groups is 1. The summed E-state index contributed by atoms with van der Waals surface area (Å²) in [5.74, 6) is -0.468. The molecule has 11 heteroatoms. The van der Waals surface area contributed by atoms with Crippen molar-refractivity contribution in [3.05, 3.63) is 72.0 Å². The number of carbonyl (C=O) groups excluding carboxylic acids is 1. The standard InChI is InChI=1S/C17H11Cl4N5O2/c1-7-15(17(28)26-23-7)25-24-14-4-8(2-3-9(14)18)16(27)22-13-6-11(20)10(19)5-12(13)21/h2-6H,1H3,(H,22,27)(H2,23,26,28). The van der Waals surface area contributed by atoms with Gasteiger partial charge in [0.05, 0.1) is 31.5 Å². The summed E-state index contributed by atoms with van der Waals surface area (Å²) in [4.78, 5) is 24.2. The van der Waals surface area contributed by atoms with Crippen LogP contribution in [0.5, 0.6) is 0 Å². The first-order chi connectivity index (χ1) is 13.3. The molecule has 3 aromatic rings. The van der Waals surface area contributed by atoms with Gasteiger partial charge in [-0.05, 0) is 37.3 Å². The maximum absolute atomic E-state index is 12.5. The molecule has 0 aliphatic heterocycles. The lowest BCUT2D eigenvalue weighted by atomic mass is 10.2. The number of aromatic nitrogens is 2. The van der Waals surface area contributed by atoms with E-state index in [-0.39, 0.29) is 37.0 Å². The van der Waals surface area contributed by atoms with Crippen LogP contribution in [0.3, 0.4) is 0 Å². The fraction of sp³-hybridized carbons (Fsp3) is 0.0588. The number of aromatic amines is 2. The van der Waals surface area contributed by atoms with E-state index in [9.17, 15) is 9.59 Å². The molecule has 0 saturated heterocycles. The number of hydrogen-bond donors (Lipinski definition) is 3. The number of nitrogens with one attached hydrogen (secondary N) is 3. The summed E-state index contributed by atoms with van der Waals surface area (Å²) in [6.07, 6.45) is 0. The lowest BCUT2D eigenvalue weighted by Gasteiger charge is -2.09. The molecule has 0 aliphatic rings. The molecule has 0 radical (unpaired) electrons. The first kappa shape index (κ1) is 20.4. The molecule has 7 nitrogen and oxygen atoms in total. The number of benzene rings is 2. The fourth-order valence-electron chi connectivity index (χ4n) is 2.21. The van der Waals surface area contributed by atoms with Crippen LogP contribution in [0.15, 0.2) is 45.4 Å². The van der Waals surface area contributed by atoms with E-state index in [0.29, 0.717) is 11.4 Å². The average Bonchev–Trinajstić information content (AvgIpc) is 2.97. The second-order valence-corrected chi connectivity index (χ2v) is 7.25. The zero-order valence-electron chi connectivity index (χ0n) is 14.1. The van der Waals surface area contributed by atoms with Gasteiger partial charge < -0.3 is 10.4 Å². The van der Waals surface area contributed by atoms with Gasteiger partial charge in [-0.2, -0.15) is 0 Å². The first-order valence-corrected chi connectivity index (χ1v) is 9.22. The molecule has 0 fully saturated rings. The molecule has 0 spiro atoms. The molecule has 1 amide bonds. The largest absolute Gasteiger partial charge is 0.321 e. The third-order valence-corrected chi connectivity index (χ3v) is 5.01. The number of anilines is 1. The van der Waals surface area contributed by atoms with Crippen molar-refractivity contribution in [2.45, 2.75) is 6.92 Å². The number of nitrogens with zero attached hydrogens (tertiary/aromatic N) is 2. The van der Waals surface area contributed by atoms with Crippen LogP contribution in [0, 0.1) is 6.92 Å². The predicted octanol–water partition coefficient (Wildman–Crippen LogP) is 6.29. The van der Waals surface area contributed by atoms with Gasteiger partial charge in [-0.25, -0.2) is 0 Å². The molecule has 1 heterocycles. The molecule has 28 heavy (non-hydrogen) atoms. The van der Waals surface area contributed by atoms with E-state index in [2.05, 4.69) is 25.7 Å². The number of halogens is 4. The second-order valence-electron chi connectivity index (χ2n) is 5.62. The Hall–Kier alpha value is -2.32. The molecular weight excluding hydrogens is 448 g/mol.